The summed E-state index contributed by atoms with van der Waals surface area (Å²) in [5.41, 5.74) is 4.05. The van der Waals surface area contributed by atoms with Crippen molar-refractivity contribution in [1.29, 1.82) is 0 Å². The fourth-order valence-electron chi connectivity index (χ4n) is 2.88. The lowest BCUT2D eigenvalue weighted by atomic mass is 10.1. The normalized spacial score (nSPS) is 12.1. The van der Waals surface area contributed by atoms with Gasteiger partial charge in [0.1, 0.15) is 0 Å². The van der Waals surface area contributed by atoms with Crippen LogP contribution in [0.5, 0.6) is 0 Å². The number of rotatable bonds is 7. The molecule has 1 heterocycles. The molecule has 5 nitrogen and oxygen atoms in total. The van der Waals surface area contributed by atoms with Crippen LogP contribution in [0, 0.1) is 13.8 Å². The zero-order valence-corrected chi connectivity index (χ0v) is 16.0. The van der Waals surface area contributed by atoms with Gasteiger partial charge in [0.15, 0.2) is 0 Å². The Balaban J connectivity index is 2.24. The van der Waals surface area contributed by atoms with E-state index in [1.807, 2.05) is 37.6 Å². The van der Waals surface area contributed by atoms with E-state index >= 15 is 0 Å². The van der Waals surface area contributed by atoms with E-state index in [0.717, 1.165) is 41.9 Å². The van der Waals surface area contributed by atoms with Crippen molar-refractivity contribution in [2.24, 2.45) is 0 Å². The average Bonchev–Trinajstić information content (AvgIpc) is 2.83. The first kappa shape index (κ1) is 18.7. The van der Waals surface area contributed by atoms with Gasteiger partial charge < -0.3 is 0 Å². The van der Waals surface area contributed by atoms with Crippen LogP contribution in [0.3, 0.4) is 0 Å². The maximum absolute atomic E-state index is 12.8. The van der Waals surface area contributed by atoms with Crippen molar-refractivity contribution in [3.8, 4) is 0 Å². The highest BCUT2D eigenvalue weighted by Gasteiger charge is 2.23. The molecule has 1 aromatic heterocycles. The largest absolute Gasteiger partial charge is 0.270 e. The summed E-state index contributed by atoms with van der Waals surface area (Å²) in [7, 11) is -1.88. The molecule has 1 aromatic carbocycles. The molecule has 0 amide bonds. The number of benzene rings is 1. The summed E-state index contributed by atoms with van der Waals surface area (Å²) in [6.45, 7) is 9.16. The number of aromatic nitrogens is 2. The van der Waals surface area contributed by atoms with E-state index in [9.17, 15) is 8.42 Å². The number of hydrogen-bond donors (Lipinski definition) is 0. The summed E-state index contributed by atoms with van der Waals surface area (Å²) < 4.78 is 28.9. The van der Waals surface area contributed by atoms with Crippen molar-refractivity contribution >= 4 is 10.0 Å². The molecule has 0 aliphatic heterocycles. The van der Waals surface area contributed by atoms with Crippen LogP contribution in [0.15, 0.2) is 29.2 Å². The minimum Gasteiger partial charge on any atom is -0.270 e. The minimum atomic E-state index is -3.50. The number of hydrogen-bond acceptors (Lipinski definition) is 3. The molecule has 2 rings (SSSR count). The van der Waals surface area contributed by atoms with E-state index in [1.165, 1.54) is 4.31 Å². The van der Waals surface area contributed by atoms with Crippen molar-refractivity contribution in [2.75, 3.05) is 7.05 Å². The standard InChI is InChI=1S/C18H27N3O2S/c1-6-8-16-9-11-17(12-10-16)24(22,23)20(5)13-18-14(3)19-21(7-2)15(18)4/h9-12H,6-8,13H2,1-5H3. The van der Waals surface area contributed by atoms with E-state index in [4.69, 9.17) is 0 Å². The molecule has 6 heteroatoms. The van der Waals surface area contributed by atoms with Crippen molar-refractivity contribution in [3.05, 3.63) is 46.8 Å². The highest BCUT2D eigenvalue weighted by Crippen LogP contribution is 2.21. The first-order valence-corrected chi connectivity index (χ1v) is 9.83. The average molecular weight is 350 g/mol. The van der Waals surface area contributed by atoms with Gasteiger partial charge in [0.05, 0.1) is 10.6 Å². The van der Waals surface area contributed by atoms with Crippen LogP contribution < -0.4 is 0 Å². The second kappa shape index (κ2) is 7.49. The number of aryl methyl sites for hydroxylation is 3. The van der Waals surface area contributed by atoms with Gasteiger partial charge in [-0.15, -0.1) is 0 Å². The van der Waals surface area contributed by atoms with Gasteiger partial charge in [0.2, 0.25) is 10.0 Å². The van der Waals surface area contributed by atoms with Crippen molar-refractivity contribution in [3.63, 3.8) is 0 Å². The second-order valence-corrected chi connectivity index (χ2v) is 8.17. The smallest absolute Gasteiger partial charge is 0.243 e. The Bertz CT molecular complexity index is 792. The number of nitrogens with zero attached hydrogens (tertiary/aromatic N) is 3. The molecule has 0 atom stereocenters. The summed E-state index contributed by atoms with van der Waals surface area (Å²) in [6, 6.07) is 7.20. The lowest BCUT2D eigenvalue weighted by Crippen LogP contribution is -2.27. The fourth-order valence-corrected chi connectivity index (χ4v) is 4.01. The van der Waals surface area contributed by atoms with Gasteiger partial charge in [-0.05, 0) is 44.9 Å². The van der Waals surface area contributed by atoms with E-state index in [-0.39, 0.29) is 0 Å². The summed E-state index contributed by atoms with van der Waals surface area (Å²) in [6.07, 6.45) is 2.01. The van der Waals surface area contributed by atoms with Crippen LogP contribution in [0.4, 0.5) is 0 Å². The lowest BCUT2D eigenvalue weighted by molar-refractivity contribution is 0.464. The Morgan fingerprint density at radius 2 is 1.75 bits per heavy atom. The number of sulfonamides is 1. The minimum absolute atomic E-state index is 0.330. The molecule has 0 N–H and O–H groups in total. The predicted molar refractivity (Wildman–Crippen MR) is 96.5 cm³/mol. The third-order valence-electron chi connectivity index (χ3n) is 4.38. The van der Waals surface area contributed by atoms with Gasteiger partial charge >= 0.3 is 0 Å². The molecule has 0 radical (unpaired) electrons. The van der Waals surface area contributed by atoms with E-state index in [2.05, 4.69) is 12.0 Å². The Morgan fingerprint density at radius 3 is 2.25 bits per heavy atom. The van der Waals surface area contributed by atoms with Gasteiger partial charge in [-0.25, -0.2) is 8.42 Å². The Labute approximate surface area is 145 Å². The summed E-state index contributed by atoms with van der Waals surface area (Å²) in [5, 5.41) is 4.46. The second-order valence-electron chi connectivity index (χ2n) is 6.12. The van der Waals surface area contributed by atoms with Gasteiger partial charge in [-0.1, -0.05) is 25.5 Å². The monoisotopic (exact) mass is 349 g/mol. The molecule has 0 unspecified atom stereocenters. The predicted octanol–water partition coefficient (Wildman–Crippen LogP) is 3.29. The van der Waals surface area contributed by atoms with Crippen molar-refractivity contribution in [1.82, 2.24) is 14.1 Å². The molecule has 0 aliphatic rings. The molecule has 132 valence electrons. The topological polar surface area (TPSA) is 55.2 Å². The van der Waals surface area contributed by atoms with Gasteiger partial charge in [0.25, 0.3) is 0 Å². The highest BCUT2D eigenvalue weighted by atomic mass is 32.2. The maximum atomic E-state index is 12.8. The maximum Gasteiger partial charge on any atom is 0.243 e. The molecule has 0 saturated heterocycles. The molecular formula is C18H27N3O2S. The van der Waals surface area contributed by atoms with E-state index in [1.54, 1.807) is 19.2 Å². The fraction of sp³-hybridized carbons (Fsp3) is 0.500. The Morgan fingerprint density at radius 1 is 1.12 bits per heavy atom. The lowest BCUT2D eigenvalue weighted by Gasteiger charge is -2.18. The third-order valence-corrected chi connectivity index (χ3v) is 6.20. The first-order valence-electron chi connectivity index (χ1n) is 8.39. The molecule has 2 aromatic rings. The third kappa shape index (κ3) is 3.70. The zero-order chi connectivity index (χ0) is 17.9. The molecule has 0 fully saturated rings. The molecule has 0 saturated carbocycles. The summed E-state index contributed by atoms with van der Waals surface area (Å²) in [5.74, 6) is 0. The van der Waals surface area contributed by atoms with E-state index < -0.39 is 10.0 Å². The Kier molecular flexibility index (Phi) is 5.83. The van der Waals surface area contributed by atoms with Crippen LogP contribution in [-0.4, -0.2) is 29.6 Å². The van der Waals surface area contributed by atoms with Gasteiger partial charge in [-0.2, -0.15) is 9.40 Å². The Hall–Kier alpha value is -1.66. The SMILES string of the molecule is CCCc1ccc(S(=O)(=O)N(C)Cc2c(C)nn(CC)c2C)cc1. The molecule has 0 spiro atoms. The van der Waals surface area contributed by atoms with Crippen molar-refractivity contribution in [2.45, 2.75) is 58.5 Å². The van der Waals surface area contributed by atoms with Crippen LogP contribution >= 0.6 is 0 Å². The van der Waals surface area contributed by atoms with Gasteiger partial charge in [0, 0.05) is 31.4 Å². The highest BCUT2D eigenvalue weighted by molar-refractivity contribution is 7.89. The summed E-state index contributed by atoms with van der Waals surface area (Å²) >= 11 is 0. The van der Waals surface area contributed by atoms with Crippen LogP contribution in [-0.2, 0) is 29.5 Å². The molecule has 0 aliphatic carbocycles. The molecule has 0 bridgehead atoms. The molecule has 24 heavy (non-hydrogen) atoms. The van der Waals surface area contributed by atoms with Gasteiger partial charge in [-0.3, -0.25) is 4.68 Å². The van der Waals surface area contributed by atoms with Crippen LogP contribution in [0.2, 0.25) is 0 Å². The zero-order valence-electron chi connectivity index (χ0n) is 15.2. The van der Waals surface area contributed by atoms with Crippen LogP contribution in [0.25, 0.3) is 0 Å². The quantitative estimate of drug-likeness (QED) is 0.771. The van der Waals surface area contributed by atoms with Crippen LogP contribution in [0.1, 0.15) is 42.8 Å². The summed E-state index contributed by atoms with van der Waals surface area (Å²) in [4.78, 5) is 0.336. The van der Waals surface area contributed by atoms with Crippen molar-refractivity contribution < 1.29 is 8.42 Å². The molecular weight excluding hydrogens is 322 g/mol. The first-order chi connectivity index (χ1) is 11.3. The van der Waals surface area contributed by atoms with E-state index in [0.29, 0.717) is 11.4 Å².